The Kier molecular flexibility index (Phi) is 7.00. The number of anilines is 1. The van der Waals surface area contributed by atoms with E-state index in [1.165, 1.54) is 38.4 Å². The molecule has 0 saturated heterocycles. The molecule has 144 valence electrons. The van der Waals surface area contributed by atoms with Crippen LogP contribution in [-0.4, -0.2) is 51.6 Å². The molecule has 27 heavy (non-hydrogen) atoms. The molecular formula is C18H20N2O5S2. The Labute approximate surface area is 162 Å². The van der Waals surface area contributed by atoms with Crippen molar-refractivity contribution in [3.05, 3.63) is 54.1 Å². The number of benzene rings is 2. The lowest BCUT2D eigenvalue weighted by atomic mass is 10.2. The number of amides is 1. The molecule has 1 amide bonds. The largest absolute Gasteiger partial charge is 0.452 e. The Morgan fingerprint density at radius 2 is 1.63 bits per heavy atom. The van der Waals surface area contributed by atoms with E-state index in [2.05, 4.69) is 5.32 Å². The van der Waals surface area contributed by atoms with Gasteiger partial charge in [0.25, 0.3) is 5.91 Å². The van der Waals surface area contributed by atoms with Gasteiger partial charge < -0.3 is 10.1 Å². The molecule has 0 unspecified atom stereocenters. The highest BCUT2D eigenvalue weighted by Gasteiger charge is 2.17. The fourth-order valence-electron chi connectivity index (χ4n) is 2.06. The molecule has 0 radical (unpaired) electrons. The molecule has 2 rings (SSSR count). The number of hydrogen-bond donors (Lipinski definition) is 1. The Balaban J connectivity index is 1.90. The predicted molar refractivity (Wildman–Crippen MR) is 104 cm³/mol. The first kappa shape index (κ1) is 20.9. The van der Waals surface area contributed by atoms with Crippen molar-refractivity contribution in [2.75, 3.05) is 32.3 Å². The molecule has 0 fully saturated rings. The molecule has 0 aliphatic heterocycles. The Bertz CT molecular complexity index is 908. The van der Waals surface area contributed by atoms with Crippen molar-refractivity contribution in [3.8, 4) is 0 Å². The van der Waals surface area contributed by atoms with Gasteiger partial charge in [0.15, 0.2) is 6.61 Å². The zero-order valence-electron chi connectivity index (χ0n) is 15.1. The van der Waals surface area contributed by atoms with Crippen LogP contribution < -0.4 is 5.32 Å². The van der Waals surface area contributed by atoms with Crippen LogP contribution in [0.5, 0.6) is 0 Å². The SMILES string of the molecule is CSc1ccc(C(=O)OCC(=O)Nc2ccc(S(=O)(=O)N(C)C)cc2)cc1. The molecule has 0 saturated carbocycles. The molecule has 1 N–H and O–H groups in total. The number of sulfonamides is 1. The lowest BCUT2D eigenvalue weighted by Gasteiger charge is -2.12. The molecule has 0 spiro atoms. The maximum absolute atomic E-state index is 12.0. The second-order valence-corrected chi connectivity index (χ2v) is 8.70. The van der Waals surface area contributed by atoms with E-state index in [4.69, 9.17) is 4.74 Å². The lowest BCUT2D eigenvalue weighted by Crippen LogP contribution is -2.22. The predicted octanol–water partition coefficient (Wildman–Crippen LogP) is 2.45. The van der Waals surface area contributed by atoms with E-state index in [1.54, 1.807) is 36.0 Å². The third-order valence-electron chi connectivity index (χ3n) is 3.58. The number of esters is 1. The summed E-state index contributed by atoms with van der Waals surface area (Å²) >= 11 is 1.56. The molecule has 9 heteroatoms. The molecule has 0 aliphatic carbocycles. The minimum Gasteiger partial charge on any atom is -0.452 e. The van der Waals surface area contributed by atoms with Crippen LogP contribution >= 0.6 is 11.8 Å². The van der Waals surface area contributed by atoms with Crippen LogP contribution in [0.25, 0.3) is 0 Å². The van der Waals surface area contributed by atoms with Gasteiger partial charge >= 0.3 is 5.97 Å². The zero-order valence-corrected chi connectivity index (χ0v) is 16.8. The summed E-state index contributed by atoms with van der Waals surface area (Å²) in [7, 11) is -0.653. The molecule has 2 aromatic carbocycles. The number of nitrogens with one attached hydrogen (secondary N) is 1. The summed E-state index contributed by atoms with van der Waals surface area (Å²) in [5, 5.41) is 2.55. The van der Waals surface area contributed by atoms with E-state index in [-0.39, 0.29) is 4.90 Å². The van der Waals surface area contributed by atoms with E-state index in [1.807, 2.05) is 6.26 Å². The number of hydrogen-bond acceptors (Lipinski definition) is 6. The van der Waals surface area contributed by atoms with Gasteiger partial charge in [0, 0.05) is 24.7 Å². The summed E-state index contributed by atoms with van der Waals surface area (Å²) in [5.41, 5.74) is 0.761. The molecule has 0 bridgehead atoms. The number of thioether (sulfide) groups is 1. The minimum absolute atomic E-state index is 0.116. The highest BCUT2D eigenvalue weighted by atomic mass is 32.2. The van der Waals surface area contributed by atoms with Gasteiger partial charge in [0.1, 0.15) is 0 Å². The van der Waals surface area contributed by atoms with E-state index in [0.717, 1.165) is 9.20 Å². The van der Waals surface area contributed by atoms with Crippen LogP contribution in [0.4, 0.5) is 5.69 Å². The summed E-state index contributed by atoms with van der Waals surface area (Å²) in [6.07, 6.45) is 1.93. The van der Waals surface area contributed by atoms with Crippen molar-refractivity contribution in [2.24, 2.45) is 0 Å². The van der Waals surface area contributed by atoms with E-state index >= 15 is 0 Å². The van der Waals surface area contributed by atoms with Gasteiger partial charge in [-0.2, -0.15) is 0 Å². The summed E-state index contributed by atoms with van der Waals surface area (Å²) in [5.74, 6) is -1.11. The van der Waals surface area contributed by atoms with Crippen molar-refractivity contribution < 1.29 is 22.7 Å². The number of nitrogens with zero attached hydrogens (tertiary/aromatic N) is 1. The first-order valence-electron chi connectivity index (χ1n) is 7.87. The Hall–Kier alpha value is -2.36. The minimum atomic E-state index is -3.53. The van der Waals surface area contributed by atoms with Crippen LogP contribution in [0.3, 0.4) is 0 Å². The van der Waals surface area contributed by atoms with E-state index < -0.39 is 28.5 Å². The van der Waals surface area contributed by atoms with Gasteiger partial charge in [-0.25, -0.2) is 17.5 Å². The normalized spacial score (nSPS) is 11.3. The van der Waals surface area contributed by atoms with Crippen molar-refractivity contribution >= 4 is 39.3 Å². The second-order valence-electron chi connectivity index (χ2n) is 5.66. The Morgan fingerprint density at radius 1 is 1.04 bits per heavy atom. The highest BCUT2D eigenvalue weighted by Crippen LogP contribution is 2.17. The number of rotatable bonds is 7. The van der Waals surface area contributed by atoms with Crippen LogP contribution in [-0.2, 0) is 19.6 Å². The lowest BCUT2D eigenvalue weighted by molar-refractivity contribution is -0.119. The second kappa shape index (κ2) is 9.03. The number of carbonyl (C=O) groups excluding carboxylic acids is 2. The molecular weight excluding hydrogens is 388 g/mol. The number of carbonyl (C=O) groups is 2. The van der Waals surface area contributed by atoms with Crippen LogP contribution in [0.15, 0.2) is 58.3 Å². The van der Waals surface area contributed by atoms with E-state index in [9.17, 15) is 18.0 Å². The maximum Gasteiger partial charge on any atom is 0.338 e. The summed E-state index contributed by atoms with van der Waals surface area (Å²) < 4.78 is 30.1. The maximum atomic E-state index is 12.0. The first-order valence-corrected chi connectivity index (χ1v) is 10.5. The summed E-state index contributed by atoms with van der Waals surface area (Å²) in [4.78, 5) is 25.0. The third kappa shape index (κ3) is 5.56. The monoisotopic (exact) mass is 408 g/mol. The van der Waals surface area contributed by atoms with Crippen LogP contribution in [0.1, 0.15) is 10.4 Å². The summed E-state index contributed by atoms with van der Waals surface area (Å²) in [6.45, 7) is -0.444. The highest BCUT2D eigenvalue weighted by molar-refractivity contribution is 7.98. The topological polar surface area (TPSA) is 92.8 Å². The quantitative estimate of drug-likeness (QED) is 0.559. The molecule has 2 aromatic rings. The molecule has 0 aliphatic rings. The molecule has 0 aromatic heterocycles. The first-order chi connectivity index (χ1) is 12.7. The molecule has 0 atom stereocenters. The van der Waals surface area contributed by atoms with Crippen LogP contribution in [0.2, 0.25) is 0 Å². The van der Waals surface area contributed by atoms with Gasteiger partial charge in [0.05, 0.1) is 10.5 Å². The smallest absolute Gasteiger partial charge is 0.338 e. The average molecular weight is 409 g/mol. The van der Waals surface area contributed by atoms with Crippen molar-refractivity contribution in [2.45, 2.75) is 9.79 Å². The third-order valence-corrected chi connectivity index (χ3v) is 6.15. The van der Waals surface area contributed by atoms with Crippen LogP contribution in [0, 0.1) is 0 Å². The van der Waals surface area contributed by atoms with E-state index in [0.29, 0.717) is 11.3 Å². The zero-order chi connectivity index (χ0) is 20.0. The van der Waals surface area contributed by atoms with Gasteiger partial charge in [-0.15, -0.1) is 11.8 Å². The van der Waals surface area contributed by atoms with Gasteiger partial charge in [-0.05, 0) is 54.8 Å². The van der Waals surface area contributed by atoms with Crippen molar-refractivity contribution in [1.82, 2.24) is 4.31 Å². The van der Waals surface area contributed by atoms with Gasteiger partial charge in [0.2, 0.25) is 10.0 Å². The fraction of sp³-hybridized carbons (Fsp3) is 0.222. The Morgan fingerprint density at radius 3 is 2.15 bits per heavy atom. The van der Waals surface area contributed by atoms with Gasteiger partial charge in [-0.1, -0.05) is 0 Å². The standard InChI is InChI=1S/C18H20N2O5S2/c1-20(2)27(23,24)16-10-6-14(7-11-16)19-17(21)12-25-18(22)13-4-8-15(26-3)9-5-13/h4-11H,12H2,1-3H3,(H,19,21). The van der Waals surface area contributed by atoms with Crippen molar-refractivity contribution in [3.63, 3.8) is 0 Å². The van der Waals surface area contributed by atoms with Crippen molar-refractivity contribution in [1.29, 1.82) is 0 Å². The van der Waals surface area contributed by atoms with Gasteiger partial charge in [-0.3, -0.25) is 4.79 Å². The number of ether oxygens (including phenoxy) is 1. The fourth-order valence-corrected chi connectivity index (χ4v) is 3.37. The summed E-state index contributed by atoms with van der Waals surface area (Å²) in [6, 6.07) is 12.6. The molecule has 7 nitrogen and oxygen atoms in total. The molecule has 0 heterocycles. The average Bonchev–Trinajstić information content (AvgIpc) is 2.66.